The Balaban J connectivity index is 1.80. The lowest BCUT2D eigenvalue weighted by Gasteiger charge is -2.38. The average Bonchev–Trinajstić information content (AvgIpc) is 2.34. The second-order valence-electron chi connectivity index (χ2n) is 5.81. The van der Waals surface area contributed by atoms with E-state index in [4.69, 9.17) is 14.7 Å². The predicted octanol–water partition coefficient (Wildman–Crippen LogP) is 1.64. The maximum absolute atomic E-state index is 11.9. The van der Waals surface area contributed by atoms with Crippen LogP contribution in [0.15, 0.2) is 0 Å². The third kappa shape index (κ3) is 2.75. The highest BCUT2D eigenvalue weighted by atomic mass is 16.6. The molecule has 5 nitrogen and oxygen atoms in total. The fourth-order valence-corrected chi connectivity index (χ4v) is 2.26. The van der Waals surface area contributed by atoms with E-state index in [2.05, 4.69) is 13.0 Å². The molecule has 0 radical (unpaired) electrons. The number of piperidine rings is 1. The molecule has 0 aromatic carbocycles. The van der Waals surface area contributed by atoms with Crippen LogP contribution in [0.1, 0.15) is 20.3 Å². The minimum absolute atomic E-state index is 0.0205. The quantitative estimate of drug-likeness (QED) is 0.749. The van der Waals surface area contributed by atoms with Gasteiger partial charge in [0.15, 0.2) is 0 Å². The zero-order valence-corrected chi connectivity index (χ0v) is 11.0. The van der Waals surface area contributed by atoms with Crippen LogP contribution in [0.5, 0.6) is 0 Å². The van der Waals surface area contributed by atoms with Gasteiger partial charge in [0.2, 0.25) is 0 Å². The van der Waals surface area contributed by atoms with Crippen molar-refractivity contribution in [3.05, 3.63) is 0 Å². The van der Waals surface area contributed by atoms with E-state index in [1.165, 1.54) is 0 Å². The molecule has 2 saturated heterocycles. The number of nitrogens with zero attached hydrogens (tertiary/aromatic N) is 2. The fourth-order valence-electron chi connectivity index (χ4n) is 2.26. The van der Waals surface area contributed by atoms with Crippen molar-refractivity contribution in [1.29, 1.82) is 5.26 Å². The summed E-state index contributed by atoms with van der Waals surface area (Å²) in [7, 11) is 0. The van der Waals surface area contributed by atoms with Crippen molar-refractivity contribution >= 4 is 6.09 Å². The second kappa shape index (κ2) is 5.15. The summed E-state index contributed by atoms with van der Waals surface area (Å²) in [4.78, 5) is 13.6. The van der Waals surface area contributed by atoms with E-state index in [1.54, 1.807) is 4.90 Å². The third-order valence-electron chi connectivity index (χ3n) is 3.83. The molecule has 2 atom stereocenters. The first-order valence-corrected chi connectivity index (χ1v) is 6.43. The molecular weight excluding hydrogens is 232 g/mol. The van der Waals surface area contributed by atoms with Crippen molar-refractivity contribution in [3.63, 3.8) is 0 Å². The molecule has 2 unspecified atom stereocenters. The Morgan fingerprint density at radius 1 is 1.61 bits per heavy atom. The Kier molecular flexibility index (Phi) is 3.76. The van der Waals surface area contributed by atoms with Crippen LogP contribution in [0.3, 0.4) is 0 Å². The van der Waals surface area contributed by atoms with Crippen molar-refractivity contribution in [2.24, 2.45) is 17.3 Å². The minimum atomic E-state index is -0.296. The van der Waals surface area contributed by atoms with Crippen molar-refractivity contribution in [2.75, 3.05) is 32.9 Å². The highest BCUT2D eigenvalue weighted by molar-refractivity contribution is 5.67. The van der Waals surface area contributed by atoms with Gasteiger partial charge >= 0.3 is 6.09 Å². The second-order valence-corrected chi connectivity index (χ2v) is 5.81. The summed E-state index contributed by atoms with van der Waals surface area (Å²) in [6.07, 6.45) is 0.573. The molecule has 2 aliphatic rings. The molecule has 1 amide bonds. The lowest BCUT2D eigenvalue weighted by atomic mass is 9.88. The minimum Gasteiger partial charge on any atom is -0.449 e. The van der Waals surface area contributed by atoms with Gasteiger partial charge in [0.05, 0.1) is 25.2 Å². The summed E-state index contributed by atoms with van der Waals surface area (Å²) >= 11 is 0. The summed E-state index contributed by atoms with van der Waals surface area (Å²) < 4.78 is 10.4. The van der Waals surface area contributed by atoms with Crippen LogP contribution in [-0.4, -0.2) is 43.9 Å². The van der Waals surface area contributed by atoms with Gasteiger partial charge in [0, 0.05) is 18.5 Å². The highest BCUT2D eigenvalue weighted by Crippen LogP contribution is 2.27. The maximum Gasteiger partial charge on any atom is 0.409 e. The standard InChI is InChI=1S/C13H20N2O3/c1-10-3-4-15(6-11(10)5-14)12(16)18-9-13(2)7-17-8-13/h10-11H,3-4,6-9H2,1-2H3. The zero-order valence-electron chi connectivity index (χ0n) is 11.0. The van der Waals surface area contributed by atoms with Crippen molar-refractivity contribution in [2.45, 2.75) is 20.3 Å². The van der Waals surface area contributed by atoms with Gasteiger partial charge in [-0.3, -0.25) is 0 Å². The Bertz CT molecular complexity index is 360. The molecular formula is C13H20N2O3. The van der Waals surface area contributed by atoms with Gasteiger partial charge in [-0.2, -0.15) is 5.26 Å². The molecule has 2 heterocycles. The van der Waals surface area contributed by atoms with Crippen LogP contribution in [0.2, 0.25) is 0 Å². The van der Waals surface area contributed by atoms with E-state index in [1.807, 2.05) is 6.92 Å². The Morgan fingerprint density at radius 2 is 2.33 bits per heavy atom. The fraction of sp³-hybridized carbons (Fsp3) is 0.846. The summed E-state index contributed by atoms with van der Waals surface area (Å²) in [5.41, 5.74) is -0.0205. The van der Waals surface area contributed by atoms with Crippen molar-refractivity contribution in [3.8, 4) is 6.07 Å². The number of likely N-dealkylation sites (tertiary alicyclic amines) is 1. The summed E-state index contributed by atoms with van der Waals surface area (Å²) in [5, 5.41) is 9.02. The lowest BCUT2D eigenvalue weighted by molar-refractivity contribution is -0.128. The molecule has 2 aliphatic heterocycles. The number of ether oxygens (including phenoxy) is 2. The van der Waals surface area contributed by atoms with Crippen LogP contribution in [-0.2, 0) is 9.47 Å². The number of rotatable bonds is 2. The van der Waals surface area contributed by atoms with Gasteiger partial charge < -0.3 is 14.4 Å². The molecule has 0 spiro atoms. The SMILES string of the molecule is CC1CCN(C(=O)OCC2(C)COC2)CC1C#N. The first-order chi connectivity index (χ1) is 8.54. The van der Waals surface area contributed by atoms with Gasteiger partial charge in [-0.15, -0.1) is 0 Å². The summed E-state index contributed by atoms with van der Waals surface area (Å²) in [6.45, 7) is 6.98. The van der Waals surface area contributed by atoms with Crippen LogP contribution in [0.4, 0.5) is 4.79 Å². The molecule has 0 aliphatic carbocycles. The largest absolute Gasteiger partial charge is 0.449 e. The van der Waals surface area contributed by atoms with Gasteiger partial charge in [-0.25, -0.2) is 4.79 Å². The van der Waals surface area contributed by atoms with Crippen LogP contribution >= 0.6 is 0 Å². The van der Waals surface area contributed by atoms with E-state index in [0.29, 0.717) is 38.8 Å². The number of amides is 1. The topological polar surface area (TPSA) is 62.6 Å². The van der Waals surface area contributed by atoms with Gasteiger partial charge in [0.1, 0.15) is 6.61 Å². The van der Waals surface area contributed by atoms with E-state index >= 15 is 0 Å². The summed E-state index contributed by atoms with van der Waals surface area (Å²) in [5.74, 6) is 0.283. The van der Waals surface area contributed by atoms with Gasteiger partial charge in [-0.1, -0.05) is 13.8 Å². The summed E-state index contributed by atoms with van der Waals surface area (Å²) in [6, 6.07) is 2.26. The number of carbonyl (C=O) groups excluding carboxylic acids is 1. The average molecular weight is 252 g/mol. The number of hydrogen-bond donors (Lipinski definition) is 0. The monoisotopic (exact) mass is 252 g/mol. The molecule has 100 valence electrons. The van der Waals surface area contributed by atoms with Gasteiger partial charge in [-0.05, 0) is 12.3 Å². The van der Waals surface area contributed by atoms with Crippen LogP contribution in [0, 0.1) is 28.6 Å². The smallest absolute Gasteiger partial charge is 0.409 e. The maximum atomic E-state index is 11.9. The molecule has 0 N–H and O–H groups in total. The molecule has 2 fully saturated rings. The Labute approximate surface area is 108 Å². The number of nitriles is 1. The van der Waals surface area contributed by atoms with Crippen LogP contribution < -0.4 is 0 Å². The first kappa shape index (κ1) is 13.2. The normalized spacial score (nSPS) is 30.2. The van der Waals surface area contributed by atoms with E-state index in [0.717, 1.165) is 6.42 Å². The molecule has 18 heavy (non-hydrogen) atoms. The van der Waals surface area contributed by atoms with E-state index in [9.17, 15) is 4.79 Å². The molecule has 0 aromatic heterocycles. The van der Waals surface area contributed by atoms with Crippen molar-refractivity contribution in [1.82, 2.24) is 4.90 Å². The number of hydrogen-bond acceptors (Lipinski definition) is 4. The lowest BCUT2D eigenvalue weighted by Crippen LogP contribution is -2.47. The van der Waals surface area contributed by atoms with E-state index < -0.39 is 0 Å². The first-order valence-electron chi connectivity index (χ1n) is 6.43. The van der Waals surface area contributed by atoms with Crippen LogP contribution in [0.25, 0.3) is 0 Å². The number of carbonyl (C=O) groups is 1. The Morgan fingerprint density at radius 3 is 2.89 bits per heavy atom. The Hall–Kier alpha value is -1.28. The molecule has 2 rings (SSSR count). The van der Waals surface area contributed by atoms with Gasteiger partial charge in [0.25, 0.3) is 0 Å². The zero-order chi connectivity index (χ0) is 13.2. The predicted molar refractivity (Wildman–Crippen MR) is 64.7 cm³/mol. The third-order valence-corrected chi connectivity index (χ3v) is 3.83. The molecule has 0 bridgehead atoms. The molecule has 0 aromatic rings. The van der Waals surface area contributed by atoms with Crippen molar-refractivity contribution < 1.29 is 14.3 Å². The highest BCUT2D eigenvalue weighted by Gasteiger charge is 2.36. The van der Waals surface area contributed by atoms with E-state index in [-0.39, 0.29) is 17.4 Å². The molecule has 0 saturated carbocycles. The molecule has 5 heteroatoms.